The van der Waals surface area contributed by atoms with Crippen molar-refractivity contribution in [2.24, 2.45) is 0 Å². The molecule has 0 bridgehead atoms. The maximum absolute atomic E-state index is 13.0. The Hall–Kier alpha value is -1.86. The number of hydrogen-bond donors (Lipinski definition) is 1. The molecule has 1 N–H and O–H groups in total. The zero-order valence-electron chi connectivity index (χ0n) is 14.9. The Bertz CT molecular complexity index is 843. The molecule has 1 atom stereocenters. The topological polar surface area (TPSA) is 72.5 Å². The summed E-state index contributed by atoms with van der Waals surface area (Å²) in [6, 6.07) is 15.4. The smallest absolute Gasteiger partial charge is 0.408 e. The highest BCUT2D eigenvalue weighted by molar-refractivity contribution is 9.10. The molecule has 0 heterocycles. The van der Waals surface area contributed by atoms with E-state index < -0.39 is 26.9 Å². The van der Waals surface area contributed by atoms with Gasteiger partial charge in [-0.3, -0.25) is 0 Å². The number of rotatable bonds is 5. The maximum Gasteiger partial charge on any atom is 0.408 e. The van der Waals surface area contributed by atoms with Crippen LogP contribution in [0.5, 0.6) is 0 Å². The molecule has 1 unspecified atom stereocenters. The van der Waals surface area contributed by atoms with E-state index in [1.807, 2.05) is 24.3 Å². The van der Waals surface area contributed by atoms with Gasteiger partial charge in [-0.2, -0.15) is 0 Å². The van der Waals surface area contributed by atoms with E-state index in [2.05, 4.69) is 21.2 Å². The third-order valence-corrected chi connectivity index (χ3v) is 5.95. The predicted octanol–water partition coefficient (Wildman–Crippen LogP) is 4.32. The van der Waals surface area contributed by atoms with Crippen molar-refractivity contribution in [3.8, 4) is 0 Å². The molecule has 140 valence electrons. The summed E-state index contributed by atoms with van der Waals surface area (Å²) in [6.45, 7) is 5.17. The lowest BCUT2D eigenvalue weighted by Gasteiger charge is -2.24. The van der Waals surface area contributed by atoms with E-state index in [-0.39, 0.29) is 11.3 Å². The molecule has 0 saturated carbocycles. The molecule has 2 aromatic carbocycles. The molecule has 26 heavy (non-hydrogen) atoms. The first-order valence-electron chi connectivity index (χ1n) is 8.11. The Labute approximate surface area is 162 Å². The van der Waals surface area contributed by atoms with Crippen molar-refractivity contribution in [1.82, 2.24) is 5.32 Å². The lowest BCUT2D eigenvalue weighted by molar-refractivity contribution is 0.0520. The number of ether oxygens (including phenoxy) is 1. The summed E-state index contributed by atoms with van der Waals surface area (Å²) in [4.78, 5) is 12.3. The summed E-state index contributed by atoms with van der Waals surface area (Å²) < 4.78 is 32.2. The van der Waals surface area contributed by atoms with E-state index in [0.717, 1.165) is 10.0 Å². The molecule has 0 fully saturated rings. The largest absolute Gasteiger partial charge is 0.444 e. The van der Waals surface area contributed by atoms with E-state index >= 15 is 0 Å². The van der Waals surface area contributed by atoms with E-state index in [0.29, 0.717) is 0 Å². The van der Waals surface area contributed by atoms with Crippen LogP contribution < -0.4 is 5.32 Å². The summed E-state index contributed by atoms with van der Waals surface area (Å²) in [6.07, 6.45) is -0.636. The van der Waals surface area contributed by atoms with E-state index in [1.165, 1.54) is 12.1 Å². The molecule has 0 aliphatic rings. The van der Waals surface area contributed by atoms with Crippen LogP contribution in [0.4, 0.5) is 4.79 Å². The molecule has 0 radical (unpaired) electrons. The quantitative estimate of drug-likeness (QED) is 0.752. The molecule has 5 nitrogen and oxygen atoms in total. The van der Waals surface area contributed by atoms with Crippen LogP contribution in [-0.2, 0) is 21.0 Å². The number of halogens is 1. The molecular formula is C19H22BrNO4S. The van der Waals surface area contributed by atoms with Crippen molar-refractivity contribution in [1.29, 1.82) is 0 Å². The Morgan fingerprint density at radius 1 is 1.08 bits per heavy atom. The number of nitrogens with one attached hydrogen (secondary N) is 1. The number of carbonyl (C=O) groups excluding carboxylic acids is 1. The van der Waals surface area contributed by atoms with Crippen molar-refractivity contribution in [2.45, 2.75) is 43.1 Å². The summed E-state index contributed by atoms with van der Waals surface area (Å²) >= 11 is 3.35. The molecule has 7 heteroatoms. The van der Waals surface area contributed by atoms with Crippen LogP contribution >= 0.6 is 15.9 Å². The average molecular weight is 440 g/mol. The molecule has 0 saturated heterocycles. The maximum atomic E-state index is 13.0. The highest BCUT2D eigenvalue weighted by Gasteiger charge is 2.31. The van der Waals surface area contributed by atoms with E-state index in [4.69, 9.17) is 4.74 Å². The molecule has 0 aromatic heterocycles. The van der Waals surface area contributed by atoms with Gasteiger partial charge in [-0.15, -0.1) is 0 Å². The van der Waals surface area contributed by atoms with Crippen molar-refractivity contribution >= 4 is 31.9 Å². The van der Waals surface area contributed by atoms with Gasteiger partial charge in [-0.25, -0.2) is 13.2 Å². The van der Waals surface area contributed by atoms with Gasteiger partial charge >= 0.3 is 6.09 Å². The second-order valence-corrected chi connectivity index (χ2v) is 9.87. The Kier molecular flexibility index (Phi) is 6.47. The van der Waals surface area contributed by atoms with Gasteiger partial charge in [0.25, 0.3) is 0 Å². The van der Waals surface area contributed by atoms with Gasteiger partial charge in [-0.05, 0) is 50.6 Å². The molecular weight excluding hydrogens is 418 g/mol. The SMILES string of the molecule is CC(C)(C)OC(=O)NC(Cc1ccc(Br)cc1)S(=O)(=O)c1ccccc1. The zero-order valence-corrected chi connectivity index (χ0v) is 17.3. The second-order valence-electron chi connectivity index (χ2n) is 6.82. The first-order valence-corrected chi connectivity index (χ1v) is 10.4. The molecule has 1 amide bonds. The minimum Gasteiger partial charge on any atom is -0.444 e. The highest BCUT2D eigenvalue weighted by atomic mass is 79.9. The highest BCUT2D eigenvalue weighted by Crippen LogP contribution is 2.20. The number of benzene rings is 2. The zero-order chi connectivity index (χ0) is 19.4. The number of alkyl carbamates (subject to hydrolysis) is 1. The van der Waals surface area contributed by atoms with Crippen molar-refractivity contribution in [3.05, 3.63) is 64.6 Å². The fourth-order valence-corrected chi connectivity index (χ4v) is 4.08. The van der Waals surface area contributed by atoms with Crippen molar-refractivity contribution < 1.29 is 17.9 Å². The van der Waals surface area contributed by atoms with Gasteiger partial charge in [0.15, 0.2) is 9.84 Å². The van der Waals surface area contributed by atoms with Crippen LogP contribution in [-0.4, -0.2) is 25.5 Å². The predicted molar refractivity (Wildman–Crippen MR) is 105 cm³/mol. The fourth-order valence-electron chi connectivity index (χ4n) is 2.29. The molecule has 2 aromatic rings. The van der Waals surface area contributed by atoms with Crippen LogP contribution in [0.3, 0.4) is 0 Å². The first kappa shape index (κ1) is 20.5. The van der Waals surface area contributed by atoms with Crippen LogP contribution in [0.25, 0.3) is 0 Å². The standard InChI is InChI=1S/C19H22BrNO4S/c1-19(2,3)25-18(22)21-17(13-14-9-11-15(20)12-10-14)26(23,24)16-7-5-4-6-8-16/h4-12,17H,13H2,1-3H3,(H,21,22). The average Bonchev–Trinajstić information content (AvgIpc) is 2.55. The number of hydrogen-bond acceptors (Lipinski definition) is 4. The van der Waals surface area contributed by atoms with E-state index in [1.54, 1.807) is 39.0 Å². The lowest BCUT2D eigenvalue weighted by atomic mass is 10.1. The minimum atomic E-state index is -3.78. The lowest BCUT2D eigenvalue weighted by Crippen LogP contribution is -2.44. The van der Waals surface area contributed by atoms with Crippen molar-refractivity contribution in [3.63, 3.8) is 0 Å². The van der Waals surface area contributed by atoms with Crippen LogP contribution in [0.2, 0.25) is 0 Å². The van der Waals surface area contributed by atoms with Gasteiger partial charge < -0.3 is 10.1 Å². The Balaban J connectivity index is 2.31. The number of amides is 1. The van der Waals surface area contributed by atoms with Gasteiger partial charge in [0.1, 0.15) is 11.0 Å². The summed E-state index contributed by atoms with van der Waals surface area (Å²) in [5, 5.41) is 1.38. The molecule has 0 aliphatic carbocycles. The third-order valence-electron chi connectivity index (χ3n) is 3.46. The van der Waals surface area contributed by atoms with Gasteiger partial charge in [-0.1, -0.05) is 46.3 Å². The minimum absolute atomic E-state index is 0.129. The van der Waals surface area contributed by atoms with E-state index in [9.17, 15) is 13.2 Å². The summed E-state index contributed by atoms with van der Waals surface area (Å²) in [5.41, 5.74) is 0.0664. The van der Waals surface area contributed by atoms with Gasteiger partial charge in [0.05, 0.1) is 4.90 Å². The summed E-state index contributed by atoms with van der Waals surface area (Å²) in [5.74, 6) is 0. The third kappa shape index (κ3) is 5.85. The molecule has 0 spiro atoms. The summed E-state index contributed by atoms with van der Waals surface area (Å²) in [7, 11) is -3.78. The number of carbonyl (C=O) groups is 1. The number of sulfone groups is 1. The Morgan fingerprint density at radius 2 is 1.65 bits per heavy atom. The normalized spacial score (nSPS) is 13.1. The Morgan fingerprint density at radius 3 is 2.19 bits per heavy atom. The van der Waals surface area contributed by atoms with Crippen molar-refractivity contribution in [2.75, 3.05) is 0 Å². The molecule has 0 aliphatic heterocycles. The van der Waals surface area contributed by atoms with Crippen LogP contribution in [0, 0.1) is 0 Å². The van der Waals surface area contributed by atoms with Gasteiger partial charge in [0, 0.05) is 10.9 Å². The monoisotopic (exact) mass is 439 g/mol. The van der Waals surface area contributed by atoms with Gasteiger partial charge in [0.2, 0.25) is 0 Å². The van der Waals surface area contributed by atoms with Crippen LogP contribution in [0.1, 0.15) is 26.3 Å². The fraction of sp³-hybridized carbons (Fsp3) is 0.316. The second kappa shape index (κ2) is 8.22. The molecule has 2 rings (SSSR count). The van der Waals surface area contributed by atoms with Crippen LogP contribution in [0.15, 0.2) is 64.0 Å². The first-order chi connectivity index (χ1) is 12.1.